The van der Waals surface area contributed by atoms with E-state index in [0.29, 0.717) is 18.5 Å². The third-order valence-electron chi connectivity index (χ3n) is 4.28. The molecule has 2 N–H and O–H groups in total. The molecular weight excluding hydrogens is 226 g/mol. The molecule has 1 amide bonds. The van der Waals surface area contributed by atoms with Crippen LogP contribution in [0.4, 0.5) is 0 Å². The Morgan fingerprint density at radius 1 is 1.28 bits per heavy atom. The number of hydrogen-bond donors (Lipinski definition) is 2. The maximum atomic E-state index is 11.9. The Labute approximate surface area is 110 Å². The van der Waals surface area contributed by atoms with Gasteiger partial charge in [0.2, 0.25) is 5.91 Å². The summed E-state index contributed by atoms with van der Waals surface area (Å²) in [4.78, 5) is 14.3. The summed E-state index contributed by atoms with van der Waals surface area (Å²) in [5.41, 5.74) is 0. The van der Waals surface area contributed by atoms with Crippen molar-refractivity contribution in [3.63, 3.8) is 0 Å². The first kappa shape index (κ1) is 13.8. The smallest absolute Gasteiger partial charge is 0.221 e. The molecule has 1 heterocycles. The van der Waals surface area contributed by atoms with E-state index >= 15 is 0 Å². The zero-order chi connectivity index (χ0) is 12.8. The third kappa shape index (κ3) is 3.95. The van der Waals surface area contributed by atoms with Gasteiger partial charge in [0.1, 0.15) is 0 Å². The number of hydrogen-bond acceptors (Lipinski definition) is 3. The minimum absolute atomic E-state index is 0.243. The summed E-state index contributed by atoms with van der Waals surface area (Å²) in [7, 11) is 0. The lowest BCUT2D eigenvalue weighted by molar-refractivity contribution is -0.122. The summed E-state index contributed by atoms with van der Waals surface area (Å²) in [5, 5.41) is 6.48. The van der Waals surface area contributed by atoms with Crippen molar-refractivity contribution in [2.45, 2.75) is 57.5 Å². The summed E-state index contributed by atoms with van der Waals surface area (Å²) in [6.07, 6.45) is 6.90. The van der Waals surface area contributed by atoms with Crippen molar-refractivity contribution >= 4 is 5.91 Å². The fourth-order valence-electron chi connectivity index (χ4n) is 2.92. The summed E-state index contributed by atoms with van der Waals surface area (Å²) in [6.45, 7) is 6.29. The largest absolute Gasteiger partial charge is 0.353 e. The Morgan fingerprint density at radius 3 is 2.56 bits per heavy atom. The van der Waals surface area contributed by atoms with Crippen LogP contribution >= 0.6 is 0 Å². The van der Waals surface area contributed by atoms with Crippen LogP contribution in [0.5, 0.6) is 0 Å². The molecule has 1 saturated carbocycles. The van der Waals surface area contributed by atoms with Gasteiger partial charge in [-0.15, -0.1) is 0 Å². The Kier molecular flexibility index (Phi) is 5.45. The van der Waals surface area contributed by atoms with E-state index in [1.165, 1.54) is 32.1 Å². The Morgan fingerprint density at radius 2 is 2.00 bits per heavy atom. The molecule has 0 bridgehead atoms. The normalized spacial score (nSPS) is 21.9. The van der Waals surface area contributed by atoms with E-state index in [1.54, 1.807) is 0 Å². The number of likely N-dealkylation sites (N-methyl/N-ethyl adjacent to an activating group) is 1. The van der Waals surface area contributed by atoms with Gasteiger partial charge < -0.3 is 10.6 Å². The Hall–Kier alpha value is -0.610. The van der Waals surface area contributed by atoms with Crippen LogP contribution in [0.3, 0.4) is 0 Å². The van der Waals surface area contributed by atoms with Crippen LogP contribution in [0.25, 0.3) is 0 Å². The van der Waals surface area contributed by atoms with Gasteiger partial charge in [-0.1, -0.05) is 26.2 Å². The topological polar surface area (TPSA) is 44.4 Å². The van der Waals surface area contributed by atoms with Crippen molar-refractivity contribution in [3.05, 3.63) is 0 Å². The zero-order valence-electron chi connectivity index (χ0n) is 11.6. The molecule has 104 valence electrons. The standard InChI is InChI=1S/C14H27N3O/c1-2-17(13-10-15-11-13)9-8-14(18)16-12-6-4-3-5-7-12/h12-13,15H,2-11H2,1H3,(H,16,18). The molecule has 0 aromatic heterocycles. The second-order valence-corrected chi connectivity index (χ2v) is 5.59. The maximum absolute atomic E-state index is 11.9. The van der Waals surface area contributed by atoms with Crippen LogP contribution in [0, 0.1) is 0 Å². The van der Waals surface area contributed by atoms with Gasteiger partial charge in [0, 0.05) is 38.1 Å². The van der Waals surface area contributed by atoms with Crippen molar-refractivity contribution in [3.8, 4) is 0 Å². The molecule has 1 aliphatic carbocycles. The van der Waals surface area contributed by atoms with Crippen molar-refractivity contribution in [1.29, 1.82) is 0 Å². The number of rotatable bonds is 6. The van der Waals surface area contributed by atoms with Gasteiger partial charge in [-0.2, -0.15) is 0 Å². The molecule has 0 aromatic carbocycles. The van der Waals surface area contributed by atoms with Gasteiger partial charge in [-0.25, -0.2) is 0 Å². The van der Waals surface area contributed by atoms with Gasteiger partial charge in [0.25, 0.3) is 0 Å². The Balaban J connectivity index is 1.63. The monoisotopic (exact) mass is 253 g/mol. The van der Waals surface area contributed by atoms with E-state index in [4.69, 9.17) is 0 Å². The molecular formula is C14H27N3O. The molecule has 4 nitrogen and oxygen atoms in total. The van der Waals surface area contributed by atoms with Crippen LogP contribution in [0.15, 0.2) is 0 Å². The molecule has 0 radical (unpaired) electrons. The number of carbonyl (C=O) groups excluding carboxylic acids is 1. The molecule has 0 spiro atoms. The lowest BCUT2D eigenvalue weighted by Gasteiger charge is -2.37. The summed E-state index contributed by atoms with van der Waals surface area (Å²) >= 11 is 0. The molecule has 0 unspecified atom stereocenters. The highest BCUT2D eigenvalue weighted by atomic mass is 16.1. The lowest BCUT2D eigenvalue weighted by Crippen LogP contribution is -2.57. The molecule has 2 aliphatic rings. The zero-order valence-corrected chi connectivity index (χ0v) is 11.6. The molecule has 4 heteroatoms. The maximum Gasteiger partial charge on any atom is 0.221 e. The Bertz CT molecular complexity index is 260. The molecule has 0 aromatic rings. The first-order valence-corrected chi connectivity index (χ1v) is 7.53. The summed E-state index contributed by atoms with van der Waals surface area (Å²) in [5.74, 6) is 0.243. The fourth-order valence-corrected chi connectivity index (χ4v) is 2.92. The molecule has 2 fully saturated rings. The highest BCUT2D eigenvalue weighted by Crippen LogP contribution is 2.17. The molecule has 18 heavy (non-hydrogen) atoms. The predicted molar refractivity (Wildman–Crippen MR) is 73.5 cm³/mol. The van der Waals surface area contributed by atoms with E-state index in [-0.39, 0.29) is 5.91 Å². The number of carbonyl (C=O) groups is 1. The van der Waals surface area contributed by atoms with Crippen molar-refractivity contribution in [2.24, 2.45) is 0 Å². The van der Waals surface area contributed by atoms with Crippen LogP contribution in [0.1, 0.15) is 45.4 Å². The third-order valence-corrected chi connectivity index (χ3v) is 4.28. The second-order valence-electron chi connectivity index (χ2n) is 5.59. The number of amides is 1. The highest BCUT2D eigenvalue weighted by Gasteiger charge is 2.23. The first-order valence-electron chi connectivity index (χ1n) is 7.53. The van der Waals surface area contributed by atoms with Gasteiger partial charge >= 0.3 is 0 Å². The van der Waals surface area contributed by atoms with Gasteiger partial charge in [-0.3, -0.25) is 9.69 Å². The predicted octanol–water partition coefficient (Wildman–Crippen LogP) is 1.12. The molecule has 0 atom stereocenters. The summed E-state index contributed by atoms with van der Waals surface area (Å²) < 4.78 is 0. The van der Waals surface area contributed by atoms with Crippen LogP contribution in [-0.2, 0) is 4.79 Å². The van der Waals surface area contributed by atoms with Gasteiger partial charge in [0.05, 0.1) is 0 Å². The van der Waals surface area contributed by atoms with Crippen molar-refractivity contribution in [1.82, 2.24) is 15.5 Å². The number of nitrogens with zero attached hydrogens (tertiary/aromatic N) is 1. The molecule has 1 aliphatic heterocycles. The quantitative estimate of drug-likeness (QED) is 0.745. The van der Waals surface area contributed by atoms with Crippen LogP contribution in [-0.4, -0.2) is 49.1 Å². The molecule has 2 rings (SSSR count). The van der Waals surface area contributed by atoms with E-state index < -0.39 is 0 Å². The highest BCUT2D eigenvalue weighted by molar-refractivity contribution is 5.76. The SMILES string of the molecule is CCN(CCC(=O)NC1CCCCC1)C1CNC1. The van der Waals surface area contributed by atoms with Crippen LogP contribution in [0.2, 0.25) is 0 Å². The fraction of sp³-hybridized carbons (Fsp3) is 0.929. The van der Waals surface area contributed by atoms with Crippen LogP contribution < -0.4 is 10.6 Å². The van der Waals surface area contributed by atoms with Gasteiger partial charge in [-0.05, 0) is 19.4 Å². The molecule has 1 saturated heterocycles. The minimum atomic E-state index is 0.243. The average molecular weight is 253 g/mol. The number of nitrogens with one attached hydrogen (secondary N) is 2. The van der Waals surface area contributed by atoms with Crippen molar-refractivity contribution < 1.29 is 4.79 Å². The summed E-state index contributed by atoms with van der Waals surface area (Å²) in [6, 6.07) is 1.10. The minimum Gasteiger partial charge on any atom is -0.353 e. The lowest BCUT2D eigenvalue weighted by atomic mass is 9.95. The van der Waals surface area contributed by atoms with Crippen molar-refractivity contribution in [2.75, 3.05) is 26.2 Å². The van der Waals surface area contributed by atoms with E-state index in [1.807, 2.05) is 0 Å². The van der Waals surface area contributed by atoms with E-state index in [2.05, 4.69) is 22.5 Å². The average Bonchev–Trinajstić information content (AvgIpc) is 2.33. The van der Waals surface area contributed by atoms with E-state index in [9.17, 15) is 4.79 Å². The van der Waals surface area contributed by atoms with E-state index in [0.717, 1.165) is 26.2 Å². The second kappa shape index (κ2) is 7.10. The first-order chi connectivity index (χ1) is 8.79. The van der Waals surface area contributed by atoms with Gasteiger partial charge in [0.15, 0.2) is 0 Å².